The summed E-state index contributed by atoms with van der Waals surface area (Å²) in [6, 6.07) is 0. The summed E-state index contributed by atoms with van der Waals surface area (Å²) in [5.41, 5.74) is -0.112. The van der Waals surface area contributed by atoms with E-state index in [4.69, 9.17) is 9.47 Å². The van der Waals surface area contributed by atoms with Crippen LogP contribution in [0.5, 0.6) is 0 Å². The van der Waals surface area contributed by atoms with Crippen molar-refractivity contribution in [1.82, 2.24) is 0 Å². The summed E-state index contributed by atoms with van der Waals surface area (Å²) in [7, 11) is 0. The zero-order valence-corrected chi connectivity index (χ0v) is 12.6. The van der Waals surface area contributed by atoms with E-state index in [2.05, 4.69) is 26.8 Å². The van der Waals surface area contributed by atoms with E-state index in [1.165, 1.54) is 0 Å². The Morgan fingerprint density at radius 2 is 2.00 bits per heavy atom. The Bertz CT molecular complexity index is 294. The minimum atomic E-state index is -0.210. The van der Waals surface area contributed by atoms with Gasteiger partial charge in [-0.15, -0.1) is 0 Å². The van der Waals surface area contributed by atoms with Gasteiger partial charge < -0.3 is 9.47 Å². The SMILES string of the molecule is CSC(=O)OC1/C=C/CCC(OC(C)(C)C)CC1. The molecule has 2 unspecified atom stereocenters. The van der Waals surface area contributed by atoms with Crippen LogP contribution in [0.4, 0.5) is 4.79 Å². The predicted molar refractivity (Wildman–Crippen MR) is 76.0 cm³/mol. The Hall–Kier alpha value is -0.480. The molecule has 3 nitrogen and oxygen atoms in total. The maximum Gasteiger partial charge on any atom is 0.367 e. The van der Waals surface area contributed by atoms with E-state index in [0.29, 0.717) is 0 Å². The van der Waals surface area contributed by atoms with E-state index in [9.17, 15) is 4.79 Å². The van der Waals surface area contributed by atoms with Gasteiger partial charge in [0.25, 0.3) is 0 Å². The van der Waals surface area contributed by atoms with Gasteiger partial charge in [-0.25, -0.2) is 4.79 Å². The number of ether oxygens (including phenoxy) is 2. The van der Waals surface area contributed by atoms with Gasteiger partial charge in [0.2, 0.25) is 0 Å². The molecule has 1 rings (SSSR count). The first-order valence-electron chi connectivity index (χ1n) is 6.50. The average molecular weight is 272 g/mol. The predicted octanol–water partition coefficient (Wildman–Crippen LogP) is 4.17. The van der Waals surface area contributed by atoms with Crippen LogP contribution in [-0.4, -0.2) is 29.4 Å². The largest absolute Gasteiger partial charge is 0.450 e. The Kier molecular flexibility index (Phi) is 6.22. The first-order valence-corrected chi connectivity index (χ1v) is 7.72. The van der Waals surface area contributed by atoms with Crippen molar-refractivity contribution in [2.24, 2.45) is 0 Å². The van der Waals surface area contributed by atoms with Crippen molar-refractivity contribution in [1.29, 1.82) is 0 Å². The molecule has 0 amide bonds. The van der Waals surface area contributed by atoms with Crippen LogP contribution < -0.4 is 0 Å². The first kappa shape index (κ1) is 15.6. The molecule has 0 aliphatic heterocycles. The molecule has 0 saturated heterocycles. The van der Waals surface area contributed by atoms with Gasteiger partial charge in [0.1, 0.15) is 6.10 Å². The van der Waals surface area contributed by atoms with Crippen LogP contribution in [-0.2, 0) is 9.47 Å². The van der Waals surface area contributed by atoms with Gasteiger partial charge in [-0.05, 0) is 70.5 Å². The molecule has 0 radical (unpaired) electrons. The Labute approximate surface area is 114 Å². The summed E-state index contributed by atoms with van der Waals surface area (Å²) in [6.07, 6.45) is 9.78. The molecule has 0 aromatic carbocycles. The van der Waals surface area contributed by atoms with E-state index in [-0.39, 0.29) is 23.1 Å². The van der Waals surface area contributed by atoms with E-state index in [1.54, 1.807) is 6.26 Å². The molecule has 0 fully saturated rings. The van der Waals surface area contributed by atoms with Crippen LogP contribution in [0, 0.1) is 0 Å². The fourth-order valence-corrected chi connectivity index (χ4v) is 2.23. The lowest BCUT2D eigenvalue weighted by molar-refractivity contribution is -0.0693. The van der Waals surface area contributed by atoms with Gasteiger partial charge in [0.15, 0.2) is 0 Å². The number of carbonyl (C=O) groups excluding carboxylic acids is 1. The molecule has 0 heterocycles. The molecular formula is C14H24O3S. The number of rotatable bonds is 2. The van der Waals surface area contributed by atoms with Crippen LogP contribution >= 0.6 is 11.8 Å². The Balaban J connectivity index is 2.48. The van der Waals surface area contributed by atoms with Gasteiger partial charge in [-0.3, -0.25) is 0 Å². The molecule has 0 aromatic rings. The lowest BCUT2D eigenvalue weighted by Crippen LogP contribution is -2.29. The van der Waals surface area contributed by atoms with Gasteiger partial charge >= 0.3 is 5.30 Å². The number of thioether (sulfide) groups is 1. The number of allylic oxidation sites excluding steroid dienone is 1. The molecule has 4 heteroatoms. The van der Waals surface area contributed by atoms with Crippen LogP contribution in [0.15, 0.2) is 12.2 Å². The maximum atomic E-state index is 11.3. The summed E-state index contributed by atoms with van der Waals surface area (Å²) >= 11 is 1.11. The third-order valence-electron chi connectivity index (χ3n) is 2.71. The Morgan fingerprint density at radius 1 is 1.28 bits per heavy atom. The smallest absolute Gasteiger partial charge is 0.367 e. The van der Waals surface area contributed by atoms with Crippen LogP contribution in [0.1, 0.15) is 46.5 Å². The topological polar surface area (TPSA) is 35.5 Å². The van der Waals surface area contributed by atoms with Crippen molar-refractivity contribution in [3.05, 3.63) is 12.2 Å². The van der Waals surface area contributed by atoms with E-state index in [1.807, 2.05) is 6.08 Å². The molecule has 2 atom stereocenters. The molecule has 0 aromatic heterocycles. The highest BCUT2D eigenvalue weighted by molar-refractivity contribution is 8.12. The maximum absolute atomic E-state index is 11.3. The van der Waals surface area contributed by atoms with Crippen LogP contribution in [0.25, 0.3) is 0 Å². The van der Waals surface area contributed by atoms with Gasteiger partial charge in [-0.2, -0.15) is 0 Å². The molecule has 104 valence electrons. The summed E-state index contributed by atoms with van der Waals surface area (Å²) in [5.74, 6) is 0. The van der Waals surface area contributed by atoms with Crippen molar-refractivity contribution in [3.63, 3.8) is 0 Å². The molecule has 0 N–H and O–H groups in total. The third-order valence-corrected chi connectivity index (χ3v) is 3.14. The second-order valence-corrected chi connectivity index (χ2v) is 6.29. The molecule has 18 heavy (non-hydrogen) atoms. The highest BCUT2D eigenvalue weighted by Gasteiger charge is 2.21. The third kappa shape index (κ3) is 6.45. The van der Waals surface area contributed by atoms with Gasteiger partial charge in [0.05, 0.1) is 11.7 Å². The second kappa shape index (κ2) is 7.19. The fraction of sp³-hybridized carbons (Fsp3) is 0.786. The van der Waals surface area contributed by atoms with Crippen molar-refractivity contribution in [2.45, 2.75) is 64.3 Å². The molecule has 1 aliphatic rings. The number of carbonyl (C=O) groups is 1. The summed E-state index contributed by atoms with van der Waals surface area (Å²) in [4.78, 5) is 11.3. The summed E-state index contributed by atoms with van der Waals surface area (Å²) in [6.45, 7) is 6.23. The quantitative estimate of drug-likeness (QED) is 0.558. The second-order valence-electron chi connectivity index (χ2n) is 5.55. The van der Waals surface area contributed by atoms with Crippen molar-refractivity contribution >= 4 is 17.1 Å². The van der Waals surface area contributed by atoms with Crippen molar-refractivity contribution in [2.75, 3.05) is 6.26 Å². The van der Waals surface area contributed by atoms with Gasteiger partial charge in [0, 0.05) is 0 Å². The Morgan fingerprint density at radius 3 is 2.61 bits per heavy atom. The first-order chi connectivity index (χ1) is 8.40. The summed E-state index contributed by atoms with van der Waals surface area (Å²) in [5, 5.41) is -0.210. The van der Waals surface area contributed by atoms with Gasteiger partial charge in [-0.1, -0.05) is 6.08 Å². The normalized spacial score (nSPS) is 27.1. The average Bonchev–Trinajstić information content (AvgIpc) is 2.25. The standard InChI is InChI=1S/C14H24O3S/c1-14(2,3)17-12-8-6-5-7-11(9-10-12)16-13(15)18-4/h5,7,11-12H,6,8-10H2,1-4H3/b7-5+. The zero-order valence-electron chi connectivity index (χ0n) is 11.8. The van der Waals surface area contributed by atoms with E-state index >= 15 is 0 Å². The van der Waals surface area contributed by atoms with Crippen LogP contribution in [0.2, 0.25) is 0 Å². The highest BCUT2D eigenvalue weighted by atomic mass is 32.2. The summed E-state index contributed by atoms with van der Waals surface area (Å²) < 4.78 is 11.4. The van der Waals surface area contributed by atoms with Crippen molar-refractivity contribution in [3.8, 4) is 0 Å². The lowest BCUT2D eigenvalue weighted by atomic mass is 10.0. The zero-order chi connectivity index (χ0) is 13.6. The highest BCUT2D eigenvalue weighted by Crippen LogP contribution is 2.23. The molecule has 0 bridgehead atoms. The molecule has 0 saturated carbocycles. The van der Waals surface area contributed by atoms with Crippen molar-refractivity contribution < 1.29 is 14.3 Å². The monoisotopic (exact) mass is 272 g/mol. The molecular weight excluding hydrogens is 248 g/mol. The number of hydrogen-bond donors (Lipinski definition) is 0. The minimum Gasteiger partial charge on any atom is -0.450 e. The van der Waals surface area contributed by atoms with E-state index in [0.717, 1.165) is 37.4 Å². The molecule has 1 aliphatic carbocycles. The minimum absolute atomic E-state index is 0.101. The lowest BCUT2D eigenvalue weighted by Gasteiger charge is -2.29. The van der Waals surface area contributed by atoms with E-state index < -0.39 is 0 Å². The van der Waals surface area contributed by atoms with Crippen LogP contribution in [0.3, 0.4) is 0 Å². The number of hydrogen-bond acceptors (Lipinski definition) is 4. The molecule has 0 spiro atoms. The fourth-order valence-electron chi connectivity index (χ4n) is 2.01.